The Hall–Kier alpha value is -2.09. The van der Waals surface area contributed by atoms with Crippen molar-refractivity contribution in [3.05, 3.63) is 58.1 Å². The minimum absolute atomic E-state index is 0.0631. The highest BCUT2D eigenvalue weighted by Gasteiger charge is 2.26. The van der Waals surface area contributed by atoms with Crippen LogP contribution in [-0.2, 0) is 6.54 Å². The Morgan fingerprint density at radius 1 is 1.21 bits per heavy atom. The number of hydrogen-bond donors (Lipinski definition) is 2. The highest BCUT2D eigenvalue weighted by Crippen LogP contribution is 2.34. The van der Waals surface area contributed by atoms with Crippen LogP contribution in [0.25, 0.3) is 0 Å². The summed E-state index contributed by atoms with van der Waals surface area (Å²) in [5, 5.41) is 13.4. The van der Waals surface area contributed by atoms with Crippen molar-refractivity contribution in [3.8, 4) is 11.5 Å². The minimum Gasteiger partial charge on any atom is -0.506 e. The van der Waals surface area contributed by atoms with Gasteiger partial charge in [-0.25, -0.2) is 0 Å². The Kier molecular flexibility index (Phi) is 6.93. The normalized spacial score (nSPS) is 18.5. The molecule has 0 aliphatic carbocycles. The molecule has 1 fully saturated rings. The van der Waals surface area contributed by atoms with Gasteiger partial charge in [0.15, 0.2) is 0 Å². The molecule has 0 bridgehead atoms. The molecule has 1 saturated heterocycles. The molecule has 1 aliphatic heterocycles. The van der Waals surface area contributed by atoms with Crippen LogP contribution < -0.4 is 10.1 Å². The largest absolute Gasteiger partial charge is 0.506 e. The maximum Gasteiger partial charge on any atom is 0.259 e. The summed E-state index contributed by atoms with van der Waals surface area (Å²) in [6, 6.07) is 13.6. The first kappa shape index (κ1) is 20.6. The van der Waals surface area contributed by atoms with Gasteiger partial charge in [-0.2, -0.15) is 0 Å². The lowest BCUT2D eigenvalue weighted by atomic mass is 10.1. The average molecular weight is 448 g/mol. The third-order valence-electron chi connectivity index (χ3n) is 4.93. The summed E-state index contributed by atoms with van der Waals surface area (Å²) in [5.41, 5.74) is 1.40. The van der Waals surface area contributed by atoms with Crippen LogP contribution in [0.15, 0.2) is 46.9 Å². The van der Waals surface area contributed by atoms with Crippen LogP contribution in [0.3, 0.4) is 0 Å². The fourth-order valence-electron chi connectivity index (χ4n) is 3.51. The molecule has 2 aromatic rings. The van der Waals surface area contributed by atoms with Crippen molar-refractivity contribution in [2.75, 3.05) is 40.3 Å². The van der Waals surface area contributed by atoms with Gasteiger partial charge in [0, 0.05) is 32.7 Å². The molecule has 2 N–H and O–H groups in total. The molecule has 0 spiro atoms. The number of nitrogens with one attached hydrogen (secondary N) is 1. The number of amides is 1. The lowest BCUT2D eigenvalue weighted by molar-refractivity contribution is 0.0918. The van der Waals surface area contributed by atoms with Crippen LogP contribution in [0, 0.1) is 0 Å². The molecule has 1 atom stereocenters. The van der Waals surface area contributed by atoms with Crippen LogP contribution in [0.1, 0.15) is 15.9 Å². The number of carbonyl (C=O) groups is 1. The lowest BCUT2D eigenvalue weighted by Crippen LogP contribution is -2.46. The van der Waals surface area contributed by atoms with Gasteiger partial charge in [-0.3, -0.25) is 9.69 Å². The Morgan fingerprint density at radius 2 is 1.96 bits per heavy atom. The van der Waals surface area contributed by atoms with Gasteiger partial charge >= 0.3 is 0 Å². The SMILES string of the molecule is COc1ccc(Br)c(O)c1C(=O)NC1CN(C)CCN(Cc2ccccc2)C1. The van der Waals surface area contributed by atoms with E-state index in [4.69, 9.17) is 4.74 Å². The first-order valence-corrected chi connectivity index (χ1v) is 10.1. The highest BCUT2D eigenvalue weighted by molar-refractivity contribution is 9.10. The van der Waals surface area contributed by atoms with Gasteiger partial charge < -0.3 is 20.1 Å². The minimum atomic E-state index is -0.337. The summed E-state index contributed by atoms with van der Waals surface area (Å²) in [4.78, 5) is 17.5. The van der Waals surface area contributed by atoms with Gasteiger partial charge in [-0.05, 0) is 40.7 Å². The Morgan fingerprint density at radius 3 is 2.68 bits per heavy atom. The van der Waals surface area contributed by atoms with Gasteiger partial charge in [-0.1, -0.05) is 30.3 Å². The third-order valence-corrected chi connectivity index (χ3v) is 5.57. The Labute approximate surface area is 174 Å². The second-order valence-electron chi connectivity index (χ2n) is 7.13. The molecular formula is C21H26BrN3O3. The smallest absolute Gasteiger partial charge is 0.259 e. The van der Waals surface area contributed by atoms with Gasteiger partial charge in [0.25, 0.3) is 5.91 Å². The van der Waals surface area contributed by atoms with E-state index in [1.54, 1.807) is 12.1 Å². The summed E-state index contributed by atoms with van der Waals surface area (Å²) in [6.07, 6.45) is 0. The number of methoxy groups -OCH3 is 1. The first-order valence-electron chi connectivity index (χ1n) is 9.29. The zero-order valence-electron chi connectivity index (χ0n) is 16.2. The number of benzene rings is 2. The molecule has 0 radical (unpaired) electrons. The van der Waals surface area contributed by atoms with Crippen molar-refractivity contribution < 1.29 is 14.6 Å². The molecule has 3 rings (SSSR count). The van der Waals surface area contributed by atoms with Crippen LogP contribution in [0.2, 0.25) is 0 Å². The number of aromatic hydroxyl groups is 1. The molecule has 1 amide bonds. The summed E-state index contributed by atoms with van der Waals surface area (Å²) in [6.45, 7) is 4.19. The van der Waals surface area contributed by atoms with Crippen molar-refractivity contribution >= 4 is 21.8 Å². The van der Waals surface area contributed by atoms with Gasteiger partial charge in [0.05, 0.1) is 17.6 Å². The van der Waals surface area contributed by atoms with Crippen molar-refractivity contribution in [1.29, 1.82) is 0 Å². The zero-order valence-corrected chi connectivity index (χ0v) is 17.8. The number of rotatable bonds is 5. The van der Waals surface area contributed by atoms with E-state index in [1.165, 1.54) is 12.7 Å². The van der Waals surface area contributed by atoms with Crippen molar-refractivity contribution in [2.24, 2.45) is 0 Å². The quantitative estimate of drug-likeness (QED) is 0.737. The second kappa shape index (κ2) is 9.41. The monoisotopic (exact) mass is 447 g/mol. The van der Waals surface area contributed by atoms with Crippen molar-refractivity contribution in [1.82, 2.24) is 15.1 Å². The van der Waals surface area contributed by atoms with E-state index >= 15 is 0 Å². The average Bonchev–Trinajstić information content (AvgIpc) is 2.85. The van der Waals surface area contributed by atoms with Crippen LogP contribution in [-0.4, -0.2) is 67.2 Å². The summed E-state index contributed by atoms with van der Waals surface area (Å²) < 4.78 is 5.74. The number of nitrogens with zero attached hydrogens (tertiary/aromatic N) is 2. The fourth-order valence-corrected chi connectivity index (χ4v) is 3.84. The third kappa shape index (κ3) is 5.04. The Bertz CT molecular complexity index is 816. The number of likely N-dealkylation sites (N-methyl/N-ethyl adjacent to an activating group) is 1. The van der Waals surface area contributed by atoms with Crippen LogP contribution in [0.4, 0.5) is 0 Å². The van der Waals surface area contributed by atoms with E-state index in [0.29, 0.717) is 10.2 Å². The molecule has 1 aliphatic rings. The summed E-state index contributed by atoms with van der Waals surface area (Å²) in [7, 11) is 3.54. The highest BCUT2D eigenvalue weighted by atomic mass is 79.9. The van der Waals surface area contributed by atoms with E-state index in [0.717, 1.165) is 32.7 Å². The standard InChI is InChI=1S/C21H26BrN3O3/c1-24-10-11-25(12-15-6-4-3-5-7-15)14-16(13-24)23-21(27)19-18(28-2)9-8-17(22)20(19)26/h3-9,16,26H,10-14H2,1-2H3,(H,23,27). The zero-order chi connectivity index (χ0) is 20.1. The number of hydrogen-bond acceptors (Lipinski definition) is 5. The molecule has 0 saturated carbocycles. The van der Waals surface area contributed by atoms with Gasteiger partial charge in [0.1, 0.15) is 17.1 Å². The van der Waals surface area contributed by atoms with Crippen LogP contribution in [0.5, 0.6) is 11.5 Å². The van der Waals surface area contributed by atoms with Crippen molar-refractivity contribution in [3.63, 3.8) is 0 Å². The number of ether oxygens (including phenoxy) is 1. The second-order valence-corrected chi connectivity index (χ2v) is 7.98. The summed E-state index contributed by atoms with van der Waals surface area (Å²) >= 11 is 3.27. The Balaban J connectivity index is 1.74. The molecule has 7 heteroatoms. The maximum absolute atomic E-state index is 12.9. The molecule has 6 nitrogen and oxygen atoms in total. The topological polar surface area (TPSA) is 65.0 Å². The van der Waals surface area contributed by atoms with Gasteiger partial charge in [-0.15, -0.1) is 0 Å². The fraction of sp³-hybridized carbons (Fsp3) is 0.381. The molecule has 2 aromatic carbocycles. The van der Waals surface area contributed by atoms with Crippen molar-refractivity contribution in [2.45, 2.75) is 12.6 Å². The number of halogens is 1. The van der Waals surface area contributed by atoms with E-state index in [9.17, 15) is 9.90 Å². The van der Waals surface area contributed by atoms with Gasteiger partial charge in [0.2, 0.25) is 0 Å². The molecular weight excluding hydrogens is 422 g/mol. The molecule has 0 aromatic heterocycles. The van der Waals surface area contributed by atoms with E-state index < -0.39 is 0 Å². The molecule has 1 heterocycles. The molecule has 28 heavy (non-hydrogen) atoms. The predicted octanol–water partition coefficient (Wildman–Crippen LogP) is 2.71. The number of phenolic OH excluding ortho intramolecular Hbond substituents is 1. The van der Waals surface area contributed by atoms with E-state index in [-0.39, 0.29) is 23.3 Å². The van der Waals surface area contributed by atoms with E-state index in [1.807, 2.05) is 18.2 Å². The molecule has 1 unspecified atom stereocenters. The predicted molar refractivity (Wildman–Crippen MR) is 113 cm³/mol. The summed E-state index contributed by atoms with van der Waals surface area (Å²) in [5.74, 6) is -0.100. The van der Waals surface area contributed by atoms with E-state index in [2.05, 4.69) is 50.2 Å². The lowest BCUT2D eigenvalue weighted by Gasteiger charge is -2.25. The molecule has 150 valence electrons. The van der Waals surface area contributed by atoms with Crippen LogP contribution >= 0.6 is 15.9 Å². The maximum atomic E-state index is 12.9. The first-order chi connectivity index (χ1) is 13.5. The number of carbonyl (C=O) groups excluding carboxylic acids is 1. The number of phenols is 1.